The van der Waals surface area contributed by atoms with Crippen molar-refractivity contribution in [2.45, 2.75) is 26.2 Å². The number of anilines is 2. The monoisotopic (exact) mass is 341 g/mol. The van der Waals surface area contributed by atoms with Gasteiger partial charge in [0.05, 0.1) is 0 Å². The van der Waals surface area contributed by atoms with Crippen LogP contribution in [0, 0.1) is 0 Å². The van der Waals surface area contributed by atoms with Crippen LogP contribution in [0.15, 0.2) is 10.8 Å². The molecule has 1 aliphatic heterocycles. The fourth-order valence-electron chi connectivity index (χ4n) is 2.40. The van der Waals surface area contributed by atoms with E-state index in [9.17, 15) is 0 Å². The van der Waals surface area contributed by atoms with Crippen molar-refractivity contribution in [3.05, 3.63) is 10.8 Å². The van der Waals surface area contributed by atoms with Crippen molar-refractivity contribution in [2.24, 2.45) is 0 Å². The van der Waals surface area contributed by atoms with E-state index >= 15 is 0 Å². The maximum atomic E-state index is 4.40. The van der Waals surface area contributed by atoms with Crippen molar-refractivity contribution >= 4 is 27.6 Å². The van der Waals surface area contributed by atoms with Crippen molar-refractivity contribution in [3.63, 3.8) is 0 Å². The number of aromatic nitrogens is 2. The maximum Gasteiger partial charge on any atom is 0.148 e. The molecule has 20 heavy (non-hydrogen) atoms. The topological polar surface area (TPSA) is 44.3 Å². The third kappa shape index (κ3) is 4.06. The Hall–Kier alpha value is -0.880. The Balaban J connectivity index is 1.95. The lowest BCUT2D eigenvalue weighted by Crippen LogP contribution is -2.32. The number of hydrogen-bond acceptors (Lipinski definition) is 5. The molecular weight excluding hydrogens is 318 g/mol. The van der Waals surface area contributed by atoms with Crippen molar-refractivity contribution in [3.8, 4) is 0 Å². The van der Waals surface area contributed by atoms with Gasteiger partial charge in [-0.2, -0.15) is 0 Å². The summed E-state index contributed by atoms with van der Waals surface area (Å²) in [7, 11) is 2.09. The maximum absolute atomic E-state index is 4.40. The van der Waals surface area contributed by atoms with Crippen LogP contribution in [0.4, 0.5) is 11.6 Å². The Morgan fingerprint density at radius 3 is 2.80 bits per heavy atom. The molecule has 0 aromatic carbocycles. The average Bonchev–Trinajstić information content (AvgIpc) is 2.97. The molecule has 2 heterocycles. The van der Waals surface area contributed by atoms with E-state index in [-0.39, 0.29) is 0 Å². The molecule has 1 fully saturated rings. The van der Waals surface area contributed by atoms with Crippen molar-refractivity contribution < 1.29 is 0 Å². The van der Waals surface area contributed by atoms with Gasteiger partial charge in [0, 0.05) is 26.7 Å². The van der Waals surface area contributed by atoms with Gasteiger partial charge in [-0.3, -0.25) is 0 Å². The van der Waals surface area contributed by atoms with Gasteiger partial charge in [-0.05, 0) is 48.3 Å². The first-order chi connectivity index (χ1) is 9.72. The second-order valence-electron chi connectivity index (χ2n) is 5.26. The van der Waals surface area contributed by atoms with Crippen LogP contribution in [0.25, 0.3) is 0 Å². The van der Waals surface area contributed by atoms with Crippen LogP contribution in [0.2, 0.25) is 0 Å². The zero-order valence-electron chi connectivity index (χ0n) is 12.4. The van der Waals surface area contributed by atoms with E-state index in [0.29, 0.717) is 0 Å². The normalized spacial score (nSPS) is 15.6. The summed E-state index contributed by atoms with van der Waals surface area (Å²) in [4.78, 5) is 13.4. The van der Waals surface area contributed by atoms with Gasteiger partial charge in [0.25, 0.3) is 0 Å². The number of likely N-dealkylation sites (tertiary alicyclic amines) is 1. The number of likely N-dealkylation sites (N-methyl/N-ethyl adjacent to an activating group) is 1. The van der Waals surface area contributed by atoms with Crippen LogP contribution in [0.1, 0.15) is 26.2 Å². The number of halogens is 1. The number of nitrogens with one attached hydrogen (secondary N) is 1. The Kier molecular flexibility index (Phi) is 6.04. The van der Waals surface area contributed by atoms with E-state index in [1.807, 2.05) is 0 Å². The fourth-order valence-corrected chi connectivity index (χ4v) is 3.04. The second kappa shape index (κ2) is 7.78. The lowest BCUT2D eigenvalue weighted by Gasteiger charge is -2.23. The van der Waals surface area contributed by atoms with Crippen molar-refractivity contribution in [1.29, 1.82) is 0 Å². The zero-order valence-corrected chi connectivity index (χ0v) is 14.0. The molecule has 0 unspecified atom stereocenters. The third-order valence-corrected chi connectivity index (χ3v) is 4.36. The highest BCUT2D eigenvalue weighted by atomic mass is 79.9. The quantitative estimate of drug-likeness (QED) is 0.825. The van der Waals surface area contributed by atoms with E-state index in [0.717, 1.165) is 42.2 Å². The highest BCUT2D eigenvalue weighted by molar-refractivity contribution is 9.10. The fraction of sp³-hybridized carbons (Fsp3) is 0.714. The molecule has 1 saturated heterocycles. The molecule has 0 bridgehead atoms. The second-order valence-corrected chi connectivity index (χ2v) is 6.05. The Bertz CT molecular complexity index is 420. The minimum atomic E-state index is 0.880. The highest BCUT2D eigenvalue weighted by Crippen LogP contribution is 2.28. The molecule has 0 saturated carbocycles. The molecule has 0 atom stereocenters. The standard InChI is InChI=1S/C14H24BrN5/c1-3-6-16-13-12(15)14(18-11-17-13)19(2)9-10-20-7-4-5-8-20/h11H,3-10H2,1-2H3,(H,16,17,18). The molecule has 0 amide bonds. The van der Waals surface area contributed by atoms with E-state index in [1.165, 1.54) is 25.9 Å². The summed E-state index contributed by atoms with van der Waals surface area (Å²) in [6.45, 7) is 7.63. The zero-order chi connectivity index (χ0) is 14.4. The molecule has 1 aromatic heterocycles. The van der Waals surface area contributed by atoms with Gasteiger partial charge >= 0.3 is 0 Å². The highest BCUT2D eigenvalue weighted by Gasteiger charge is 2.15. The SMILES string of the molecule is CCCNc1ncnc(N(C)CCN2CCCC2)c1Br. The molecule has 1 aliphatic rings. The third-order valence-electron chi connectivity index (χ3n) is 3.63. The van der Waals surface area contributed by atoms with Crippen LogP contribution < -0.4 is 10.2 Å². The summed E-state index contributed by atoms with van der Waals surface area (Å²) >= 11 is 3.62. The molecule has 0 spiro atoms. The van der Waals surface area contributed by atoms with Gasteiger partial charge in [-0.15, -0.1) is 0 Å². The van der Waals surface area contributed by atoms with E-state index in [1.54, 1.807) is 6.33 Å². The van der Waals surface area contributed by atoms with Gasteiger partial charge < -0.3 is 15.1 Å². The summed E-state index contributed by atoms with van der Waals surface area (Å²) in [5.41, 5.74) is 0. The van der Waals surface area contributed by atoms with Crippen LogP contribution in [0.3, 0.4) is 0 Å². The number of nitrogens with zero attached hydrogens (tertiary/aromatic N) is 4. The minimum Gasteiger partial charge on any atom is -0.369 e. The summed E-state index contributed by atoms with van der Waals surface area (Å²) in [6.07, 6.45) is 5.39. The number of rotatable bonds is 7. The van der Waals surface area contributed by atoms with E-state index < -0.39 is 0 Å². The van der Waals surface area contributed by atoms with Gasteiger partial charge in [-0.1, -0.05) is 6.92 Å². The molecule has 1 N–H and O–H groups in total. The molecule has 0 aliphatic carbocycles. The van der Waals surface area contributed by atoms with Crippen LogP contribution in [0.5, 0.6) is 0 Å². The predicted octanol–water partition coefficient (Wildman–Crippen LogP) is 2.59. The lowest BCUT2D eigenvalue weighted by atomic mass is 10.4. The lowest BCUT2D eigenvalue weighted by molar-refractivity contribution is 0.346. The van der Waals surface area contributed by atoms with Gasteiger partial charge in [0.15, 0.2) is 0 Å². The van der Waals surface area contributed by atoms with Crippen molar-refractivity contribution in [2.75, 3.05) is 50.0 Å². The molecule has 0 radical (unpaired) electrons. The average molecular weight is 342 g/mol. The largest absolute Gasteiger partial charge is 0.369 e. The Morgan fingerprint density at radius 2 is 2.10 bits per heavy atom. The Labute approximate surface area is 129 Å². The molecule has 1 aromatic rings. The molecule has 2 rings (SSSR count). The predicted molar refractivity (Wildman–Crippen MR) is 87.5 cm³/mol. The minimum absolute atomic E-state index is 0.880. The molecule has 5 nitrogen and oxygen atoms in total. The molecule has 6 heteroatoms. The van der Waals surface area contributed by atoms with Gasteiger partial charge in [0.2, 0.25) is 0 Å². The summed E-state index contributed by atoms with van der Waals surface area (Å²) in [5, 5.41) is 3.32. The van der Waals surface area contributed by atoms with Crippen LogP contribution in [-0.2, 0) is 0 Å². The van der Waals surface area contributed by atoms with Crippen LogP contribution in [-0.4, -0.2) is 54.6 Å². The van der Waals surface area contributed by atoms with Gasteiger partial charge in [0.1, 0.15) is 22.4 Å². The van der Waals surface area contributed by atoms with E-state index in [2.05, 4.69) is 55.0 Å². The first-order valence-electron chi connectivity index (χ1n) is 7.40. The summed E-state index contributed by atoms with van der Waals surface area (Å²) < 4.78 is 0.956. The van der Waals surface area contributed by atoms with E-state index in [4.69, 9.17) is 0 Å². The first kappa shape index (κ1) is 15.5. The summed E-state index contributed by atoms with van der Waals surface area (Å²) in [5.74, 6) is 1.84. The summed E-state index contributed by atoms with van der Waals surface area (Å²) in [6, 6.07) is 0. The molecule has 112 valence electrons. The van der Waals surface area contributed by atoms with Crippen LogP contribution >= 0.6 is 15.9 Å². The number of hydrogen-bond donors (Lipinski definition) is 1. The van der Waals surface area contributed by atoms with Crippen molar-refractivity contribution in [1.82, 2.24) is 14.9 Å². The first-order valence-corrected chi connectivity index (χ1v) is 8.19. The van der Waals surface area contributed by atoms with Gasteiger partial charge in [-0.25, -0.2) is 9.97 Å². The molecular formula is C14H24BrN5. The smallest absolute Gasteiger partial charge is 0.148 e. The Morgan fingerprint density at radius 1 is 1.35 bits per heavy atom.